The van der Waals surface area contributed by atoms with Gasteiger partial charge in [-0.3, -0.25) is 4.98 Å². The maximum atomic E-state index is 5.73. The number of nitrogen functional groups attached to an aromatic ring is 1. The number of anilines is 1. The molecule has 3 rings (SSSR count). The molecule has 3 nitrogen and oxygen atoms in total. The van der Waals surface area contributed by atoms with Crippen molar-refractivity contribution in [2.75, 3.05) is 12.3 Å². The highest BCUT2D eigenvalue weighted by Gasteiger charge is 2.12. The minimum atomic E-state index is 0.706. The highest BCUT2D eigenvalue weighted by molar-refractivity contribution is 5.67. The fourth-order valence-electron chi connectivity index (χ4n) is 2.41. The second kappa shape index (κ2) is 4.33. The Hall–Kier alpha value is -2.03. The summed E-state index contributed by atoms with van der Waals surface area (Å²) in [5.41, 5.74) is 11.0. The molecule has 1 aliphatic heterocycles. The molecule has 2 aromatic rings. The van der Waals surface area contributed by atoms with E-state index in [2.05, 4.69) is 17.1 Å². The van der Waals surface area contributed by atoms with E-state index in [0.717, 1.165) is 42.0 Å². The van der Waals surface area contributed by atoms with Crippen LogP contribution in [0.15, 0.2) is 30.5 Å². The van der Waals surface area contributed by atoms with E-state index in [1.54, 1.807) is 6.20 Å². The molecule has 0 aliphatic carbocycles. The van der Waals surface area contributed by atoms with Crippen molar-refractivity contribution in [1.82, 2.24) is 4.98 Å². The molecule has 1 aromatic carbocycles. The SMILES string of the molecule is Cc1cc(N)cnc1-c1ccc2c(c1)CCCO2. The second-order valence-corrected chi connectivity index (χ2v) is 4.71. The number of nitrogens with two attached hydrogens (primary N) is 1. The lowest BCUT2D eigenvalue weighted by molar-refractivity contribution is 0.288. The zero-order valence-corrected chi connectivity index (χ0v) is 10.4. The fraction of sp³-hybridized carbons (Fsp3) is 0.267. The summed E-state index contributed by atoms with van der Waals surface area (Å²) in [4.78, 5) is 4.43. The summed E-state index contributed by atoms with van der Waals surface area (Å²) >= 11 is 0. The van der Waals surface area contributed by atoms with E-state index >= 15 is 0 Å². The first-order valence-electron chi connectivity index (χ1n) is 6.22. The van der Waals surface area contributed by atoms with Gasteiger partial charge in [0.2, 0.25) is 0 Å². The minimum absolute atomic E-state index is 0.706. The molecule has 92 valence electrons. The number of hydrogen-bond acceptors (Lipinski definition) is 3. The van der Waals surface area contributed by atoms with Crippen molar-refractivity contribution in [2.24, 2.45) is 0 Å². The number of hydrogen-bond donors (Lipinski definition) is 1. The molecular formula is C15H16N2O. The maximum absolute atomic E-state index is 5.73. The lowest BCUT2D eigenvalue weighted by atomic mass is 9.99. The van der Waals surface area contributed by atoms with Crippen LogP contribution >= 0.6 is 0 Å². The van der Waals surface area contributed by atoms with Crippen molar-refractivity contribution < 1.29 is 4.74 Å². The van der Waals surface area contributed by atoms with E-state index in [1.807, 2.05) is 19.1 Å². The summed E-state index contributed by atoms with van der Waals surface area (Å²) in [5.74, 6) is 1.01. The Labute approximate surface area is 107 Å². The van der Waals surface area contributed by atoms with Gasteiger partial charge in [-0.1, -0.05) is 0 Å². The molecule has 0 bridgehead atoms. The molecule has 18 heavy (non-hydrogen) atoms. The molecule has 0 amide bonds. The van der Waals surface area contributed by atoms with Gasteiger partial charge < -0.3 is 10.5 Å². The minimum Gasteiger partial charge on any atom is -0.493 e. The summed E-state index contributed by atoms with van der Waals surface area (Å²) in [6.07, 6.45) is 3.88. The van der Waals surface area contributed by atoms with Crippen LogP contribution in [0.1, 0.15) is 17.5 Å². The summed E-state index contributed by atoms with van der Waals surface area (Å²) in [5, 5.41) is 0. The molecule has 3 heteroatoms. The monoisotopic (exact) mass is 240 g/mol. The molecule has 0 radical (unpaired) electrons. The van der Waals surface area contributed by atoms with E-state index in [1.165, 1.54) is 5.56 Å². The average molecular weight is 240 g/mol. The van der Waals surface area contributed by atoms with Gasteiger partial charge in [-0.05, 0) is 55.2 Å². The zero-order valence-electron chi connectivity index (χ0n) is 10.4. The summed E-state index contributed by atoms with van der Waals surface area (Å²) in [6, 6.07) is 8.25. The van der Waals surface area contributed by atoms with Crippen LogP contribution in [0.5, 0.6) is 5.75 Å². The first-order valence-corrected chi connectivity index (χ1v) is 6.22. The normalized spacial score (nSPS) is 13.8. The molecular weight excluding hydrogens is 224 g/mol. The van der Waals surface area contributed by atoms with E-state index in [-0.39, 0.29) is 0 Å². The Balaban J connectivity index is 2.06. The van der Waals surface area contributed by atoms with Gasteiger partial charge in [-0.15, -0.1) is 0 Å². The van der Waals surface area contributed by atoms with Crippen molar-refractivity contribution in [2.45, 2.75) is 19.8 Å². The molecule has 0 atom stereocenters. The van der Waals surface area contributed by atoms with Gasteiger partial charge in [0.25, 0.3) is 0 Å². The third-order valence-corrected chi connectivity index (χ3v) is 3.28. The van der Waals surface area contributed by atoms with E-state index in [4.69, 9.17) is 10.5 Å². The molecule has 2 heterocycles. The summed E-state index contributed by atoms with van der Waals surface area (Å²) in [7, 11) is 0. The van der Waals surface area contributed by atoms with Crippen molar-refractivity contribution in [3.63, 3.8) is 0 Å². The van der Waals surface area contributed by atoms with E-state index in [0.29, 0.717) is 5.69 Å². The largest absolute Gasteiger partial charge is 0.493 e. The first kappa shape index (κ1) is 11.1. The molecule has 0 spiro atoms. The Morgan fingerprint density at radius 3 is 3.00 bits per heavy atom. The highest BCUT2D eigenvalue weighted by Crippen LogP contribution is 2.30. The number of rotatable bonds is 1. The van der Waals surface area contributed by atoms with Crippen LogP contribution in [-0.2, 0) is 6.42 Å². The predicted octanol–water partition coefficient (Wildman–Crippen LogP) is 2.96. The van der Waals surface area contributed by atoms with Gasteiger partial charge in [-0.25, -0.2) is 0 Å². The van der Waals surface area contributed by atoms with E-state index < -0.39 is 0 Å². The number of nitrogens with zero attached hydrogens (tertiary/aromatic N) is 1. The third-order valence-electron chi connectivity index (χ3n) is 3.28. The van der Waals surface area contributed by atoms with Crippen molar-refractivity contribution in [3.8, 4) is 17.0 Å². The summed E-state index contributed by atoms with van der Waals surface area (Å²) in [6.45, 7) is 2.86. The van der Waals surface area contributed by atoms with E-state index in [9.17, 15) is 0 Å². The Morgan fingerprint density at radius 2 is 2.17 bits per heavy atom. The quantitative estimate of drug-likeness (QED) is 0.833. The molecule has 1 aliphatic rings. The van der Waals surface area contributed by atoms with Crippen molar-refractivity contribution in [3.05, 3.63) is 41.6 Å². The average Bonchev–Trinajstić information content (AvgIpc) is 2.38. The molecule has 0 saturated carbocycles. The number of fused-ring (bicyclic) bond motifs is 1. The van der Waals surface area contributed by atoms with Crippen LogP contribution in [0, 0.1) is 6.92 Å². The lowest BCUT2D eigenvalue weighted by Crippen LogP contribution is -2.08. The topological polar surface area (TPSA) is 48.1 Å². The molecule has 1 aromatic heterocycles. The Kier molecular flexibility index (Phi) is 2.67. The van der Waals surface area contributed by atoms with Crippen molar-refractivity contribution in [1.29, 1.82) is 0 Å². The molecule has 2 N–H and O–H groups in total. The number of aryl methyl sites for hydroxylation is 2. The fourth-order valence-corrected chi connectivity index (χ4v) is 2.41. The lowest BCUT2D eigenvalue weighted by Gasteiger charge is -2.18. The van der Waals surface area contributed by atoms with Gasteiger partial charge in [0.05, 0.1) is 24.2 Å². The van der Waals surface area contributed by atoms with Crippen LogP contribution in [0.3, 0.4) is 0 Å². The van der Waals surface area contributed by atoms with Crippen LogP contribution < -0.4 is 10.5 Å². The molecule has 0 fully saturated rings. The van der Waals surface area contributed by atoms with Gasteiger partial charge in [0.15, 0.2) is 0 Å². The number of ether oxygens (including phenoxy) is 1. The van der Waals surface area contributed by atoms with Gasteiger partial charge in [-0.2, -0.15) is 0 Å². The Bertz CT molecular complexity index is 593. The third kappa shape index (κ3) is 1.92. The number of aromatic nitrogens is 1. The smallest absolute Gasteiger partial charge is 0.122 e. The highest BCUT2D eigenvalue weighted by atomic mass is 16.5. The summed E-state index contributed by atoms with van der Waals surface area (Å²) < 4.78 is 5.62. The predicted molar refractivity (Wildman–Crippen MR) is 72.6 cm³/mol. The van der Waals surface area contributed by atoms with Crippen LogP contribution in [0.2, 0.25) is 0 Å². The van der Waals surface area contributed by atoms with Crippen LogP contribution in [0.25, 0.3) is 11.3 Å². The Morgan fingerprint density at radius 1 is 1.28 bits per heavy atom. The zero-order chi connectivity index (χ0) is 12.5. The van der Waals surface area contributed by atoms with Gasteiger partial charge in [0.1, 0.15) is 5.75 Å². The maximum Gasteiger partial charge on any atom is 0.122 e. The number of benzene rings is 1. The standard InChI is InChI=1S/C15H16N2O/c1-10-7-13(16)9-17-15(10)12-4-5-14-11(8-12)3-2-6-18-14/h4-5,7-9H,2-3,6,16H2,1H3. The second-order valence-electron chi connectivity index (χ2n) is 4.71. The van der Waals surface area contributed by atoms with Gasteiger partial charge in [0, 0.05) is 5.56 Å². The van der Waals surface area contributed by atoms with Crippen molar-refractivity contribution >= 4 is 5.69 Å². The van der Waals surface area contributed by atoms with Crippen LogP contribution in [0.4, 0.5) is 5.69 Å². The molecule has 0 unspecified atom stereocenters. The first-order chi connectivity index (χ1) is 8.74. The number of pyridine rings is 1. The van der Waals surface area contributed by atoms with Gasteiger partial charge >= 0.3 is 0 Å². The molecule has 0 saturated heterocycles. The van der Waals surface area contributed by atoms with Crippen LogP contribution in [-0.4, -0.2) is 11.6 Å².